The molecule has 2 aromatic carbocycles. The van der Waals surface area contributed by atoms with Gasteiger partial charge in [0.25, 0.3) is 15.7 Å². The van der Waals surface area contributed by atoms with Gasteiger partial charge in [0.15, 0.2) is 0 Å². The zero-order valence-electron chi connectivity index (χ0n) is 15.6. The smallest absolute Gasteiger partial charge is 0.270 e. The van der Waals surface area contributed by atoms with Crippen LogP contribution in [0.1, 0.15) is 16.0 Å². The Balaban J connectivity index is 1.97. The molecule has 3 rings (SSSR count). The summed E-state index contributed by atoms with van der Waals surface area (Å²) < 4.78 is 28.5. The minimum absolute atomic E-state index is 0.126. The predicted molar refractivity (Wildman–Crippen MR) is 115 cm³/mol. The number of rotatable bonds is 7. The summed E-state index contributed by atoms with van der Waals surface area (Å²) in [5.74, 6) is 0. The van der Waals surface area contributed by atoms with E-state index in [0.29, 0.717) is 5.69 Å². The standard InChI is InChI=1S/C19H18N4O4S2/c1-13-5-7-17(14(2)10-13)22-29(26,27)19-11-15(23(24)25)6-8-18(19)21-20-12-16-4-3-9-28-16/h3-12,21-22H,1-2H3. The van der Waals surface area contributed by atoms with Crippen molar-refractivity contribution in [2.75, 3.05) is 10.1 Å². The summed E-state index contributed by atoms with van der Waals surface area (Å²) >= 11 is 1.47. The second kappa shape index (κ2) is 8.41. The zero-order valence-corrected chi connectivity index (χ0v) is 17.3. The number of nitrogens with zero attached hydrogens (tertiary/aromatic N) is 2. The number of anilines is 2. The number of sulfonamides is 1. The van der Waals surface area contributed by atoms with Crippen molar-refractivity contribution in [3.05, 3.63) is 80.0 Å². The van der Waals surface area contributed by atoms with Crippen molar-refractivity contribution in [1.29, 1.82) is 0 Å². The molecule has 3 aromatic rings. The molecule has 0 aliphatic carbocycles. The number of nitro groups is 1. The molecule has 0 atom stereocenters. The second-order valence-corrected chi connectivity index (χ2v) is 8.88. The maximum Gasteiger partial charge on any atom is 0.270 e. The van der Waals surface area contributed by atoms with E-state index < -0.39 is 14.9 Å². The summed E-state index contributed by atoms with van der Waals surface area (Å²) in [5, 5.41) is 17.1. The van der Waals surface area contributed by atoms with Gasteiger partial charge in [-0.2, -0.15) is 5.10 Å². The molecule has 8 nitrogen and oxygen atoms in total. The molecule has 29 heavy (non-hydrogen) atoms. The monoisotopic (exact) mass is 430 g/mol. The third kappa shape index (κ3) is 4.98. The van der Waals surface area contributed by atoms with Gasteiger partial charge in [-0.25, -0.2) is 8.42 Å². The fourth-order valence-corrected chi connectivity index (χ4v) is 4.49. The molecular weight excluding hydrogens is 412 g/mol. The molecule has 0 bridgehead atoms. The van der Waals surface area contributed by atoms with Gasteiger partial charge in [-0.05, 0) is 43.0 Å². The van der Waals surface area contributed by atoms with Crippen molar-refractivity contribution in [2.45, 2.75) is 18.7 Å². The number of hydrogen-bond acceptors (Lipinski definition) is 7. The summed E-state index contributed by atoms with van der Waals surface area (Å²) in [6.45, 7) is 3.68. The molecule has 1 aromatic heterocycles. The van der Waals surface area contributed by atoms with Gasteiger partial charge in [-0.3, -0.25) is 20.3 Å². The van der Waals surface area contributed by atoms with E-state index in [1.807, 2.05) is 30.5 Å². The van der Waals surface area contributed by atoms with Crippen LogP contribution in [0.2, 0.25) is 0 Å². The van der Waals surface area contributed by atoms with Gasteiger partial charge in [0.05, 0.1) is 22.5 Å². The van der Waals surface area contributed by atoms with E-state index in [1.165, 1.54) is 23.5 Å². The maximum absolute atomic E-state index is 13.0. The van der Waals surface area contributed by atoms with E-state index in [4.69, 9.17) is 0 Å². The summed E-state index contributed by atoms with van der Waals surface area (Å²) in [5.41, 5.74) is 4.59. The first kappa shape index (κ1) is 20.5. The van der Waals surface area contributed by atoms with Crippen LogP contribution in [0.25, 0.3) is 0 Å². The van der Waals surface area contributed by atoms with Crippen molar-refractivity contribution >= 4 is 44.6 Å². The number of aryl methyl sites for hydroxylation is 2. The summed E-state index contributed by atoms with van der Waals surface area (Å²) in [7, 11) is -4.11. The van der Waals surface area contributed by atoms with Crippen LogP contribution in [0.3, 0.4) is 0 Å². The lowest BCUT2D eigenvalue weighted by atomic mass is 10.1. The Kier molecular flexibility index (Phi) is 5.95. The topological polar surface area (TPSA) is 114 Å². The molecule has 0 fully saturated rings. The highest BCUT2D eigenvalue weighted by Gasteiger charge is 2.23. The number of non-ortho nitro benzene ring substituents is 1. The van der Waals surface area contributed by atoms with Crippen LogP contribution in [0.15, 0.2) is 63.9 Å². The summed E-state index contributed by atoms with van der Waals surface area (Å²) in [6, 6.07) is 12.5. The molecule has 10 heteroatoms. The first-order valence-electron chi connectivity index (χ1n) is 8.47. The highest BCUT2D eigenvalue weighted by Crippen LogP contribution is 2.29. The molecular formula is C19H18N4O4S2. The molecule has 0 saturated heterocycles. The number of nitrogens with one attached hydrogen (secondary N) is 2. The van der Waals surface area contributed by atoms with E-state index in [9.17, 15) is 18.5 Å². The largest absolute Gasteiger partial charge is 0.279 e. The molecule has 1 heterocycles. The van der Waals surface area contributed by atoms with Gasteiger partial charge in [-0.15, -0.1) is 11.3 Å². The Morgan fingerprint density at radius 2 is 1.86 bits per heavy atom. The minimum atomic E-state index is -4.11. The summed E-state index contributed by atoms with van der Waals surface area (Å²) in [4.78, 5) is 11.1. The second-order valence-electron chi connectivity index (χ2n) is 6.25. The predicted octanol–water partition coefficient (Wildman–Crippen LogP) is 4.52. The lowest BCUT2D eigenvalue weighted by molar-refractivity contribution is -0.385. The SMILES string of the molecule is Cc1ccc(NS(=O)(=O)c2cc([N+](=O)[O-])ccc2NN=Cc2cccs2)c(C)c1. The highest BCUT2D eigenvalue weighted by molar-refractivity contribution is 7.92. The Bertz CT molecular complexity index is 1170. The lowest BCUT2D eigenvalue weighted by Crippen LogP contribution is -2.15. The molecule has 0 radical (unpaired) electrons. The van der Waals surface area contributed by atoms with Crippen molar-refractivity contribution in [1.82, 2.24) is 0 Å². The number of nitro benzene ring substituents is 1. The van der Waals surface area contributed by atoms with Crippen LogP contribution in [0.4, 0.5) is 17.1 Å². The Hall–Kier alpha value is -3.24. The fourth-order valence-electron chi connectivity index (χ4n) is 2.60. The van der Waals surface area contributed by atoms with Gasteiger partial charge < -0.3 is 0 Å². The molecule has 0 amide bonds. The number of hydrazone groups is 1. The van der Waals surface area contributed by atoms with E-state index in [1.54, 1.807) is 25.3 Å². The average molecular weight is 431 g/mol. The van der Waals surface area contributed by atoms with E-state index in [-0.39, 0.29) is 16.3 Å². The lowest BCUT2D eigenvalue weighted by Gasteiger charge is -2.14. The number of benzene rings is 2. The fraction of sp³-hybridized carbons (Fsp3) is 0.105. The van der Waals surface area contributed by atoms with E-state index in [2.05, 4.69) is 15.2 Å². The molecule has 0 aliphatic rings. The van der Waals surface area contributed by atoms with Crippen molar-refractivity contribution in [3.8, 4) is 0 Å². The normalized spacial score (nSPS) is 11.5. The molecule has 0 aliphatic heterocycles. The molecule has 0 unspecified atom stereocenters. The van der Waals surface area contributed by atoms with Crippen LogP contribution in [0, 0.1) is 24.0 Å². The molecule has 0 spiro atoms. The van der Waals surface area contributed by atoms with Crippen LogP contribution >= 0.6 is 11.3 Å². The van der Waals surface area contributed by atoms with Crippen molar-refractivity contribution in [3.63, 3.8) is 0 Å². The van der Waals surface area contributed by atoms with Crippen LogP contribution in [0.5, 0.6) is 0 Å². The zero-order chi connectivity index (χ0) is 21.0. The van der Waals surface area contributed by atoms with Crippen LogP contribution in [-0.2, 0) is 10.0 Å². The number of hydrogen-bond donors (Lipinski definition) is 2. The van der Waals surface area contributed by atoms with Gasteiger partial charge >= 0.3 is 0 Å². The molecule has 150 valence electrons. The Morgan fingerprint density at radius 3 is 2.52 bits per heavy atom. The Labute approximate surface area is 172 Å². The maximum atomic E-state index is 13.0. The third-order valence-corrected chi connectivity index (χ3v) is 6.22. The summed E-state index contributed by atoms with van der Waals surface area (Å²) in [6.07, 6.45) is 1.54. The first-order valence-corrected chi connectivity index (χ1v) is 10.8. The minimum Gasteiger partial charge on any atom is -0.279 e. The average Bonchev–Trinajstić information content (AvgIpc) is 3.17. The first-order chi connectivity index (χ1) is 13.8. The van der Waals surface area contributed by atoms with Gasteiger partial charge in [0.2, 0.25) is 0 Å². The third-order valence-electron chi connectivity index (χ3n) is 4.01. The number of thiophene rings is 1. The van der Waals surface area contributed by atoms with Crippen molar-refractivity contribution < 1.29 is 13.3 Å². The van der Waals surface area contributed by atoms with E-state index >= 15 is 0 Å². The highest BCUT2D eigenvalue weighted by atomic mass is 32.2. The van der Waals surface area contributed by atoms with E-state index in [0.717, 1.165) is 22.1 Å². The molecule has 0 saturated carbocycles. The van der Waals surface area contributed by atoms with Crippen LogP contribution < -0.4 is 10.1 Å². The molecule has 2 N–H and O–H groups in total. The quantitative estimate of drug-likeness (QED) is 0.325. The van der Waals surface area contributed by atoms with Crippen molar-refractivity contribution in [2.24, 2.45) is 5.10 Å². The van der Waals surface area contributed by atoms with Gasteiger partial charge in [0.1, 0.15) is 4.90 Å². The van der Waals surface area contributed by atoms with Gasteiger partial charge in [0, 0.05) is 17.0 Å². The van der Waals surface area contributed by atoms with Gasteiger partial charge in [-0.1, -0.05) is 23.8 Å². The Morgan fingerprint density at radius 1 is 1.10 bits per heavy atom. The van der Waals surface area contributed by atoms with Crippen LogP contribution in [-0.4, -0.2) is 19.6 Å².